The Labute approximate surface area is 106 Å². The topological polar surface area (TPSA) is 28.7 Å². The molecule has 2 nitrogen and oxygen atoms in total. The Kier molecular flexibility index (Phi) is 3.34. The Morgan fingerprint density at radius 3 is 2.59 bits per heavy atom. The van der Waals surface area contributed by atoms with Gasteiger partial charge in [-0.1, -0.05) is 37.2 Å². The Morgan fingerprint density at radius 2 is 2.00 bits per heavy atom. The van der Waals surface area contributed by atoms with Gasteiger partial charge in [0.05, 0.1) is 5.69 Å². The minimum atomic E-state index is 0.277. The number of aromatic nitrogens is 2. The first-order valence-electron chi connectivity index (χ1n) is 5.56. The lowest BCUT2D eigenvalue weighted by Gasteiger charge is -2.12. The largest absolute Gasteiger partial charge is 0.282 e. The van der Waals surface area contributed by atoms with Gasteiger partial charge >= 0.3 is 0 Å². The third-order valence-corrected chi connectivity index (χ3v) is 3.27. The van der Waals surface area contributed by atoms with Crippen LogP contribution in [0.3, 0.4) is 0 Å². The van der Waals surface area contributed by atoms with E-state index in [9.17, 15) is 0 Å². The highest BCUT2D eigenvalue weighted by Crippen LogP contribution is 2.29. The predicted octanol–water partition coefficient (Wildman–Crippen LogP) is 4.17. The number of aromatic amines is 1. The molecule has 0 saturated heterocycles. The normalized spacial score (nSPS) is 12.4. The third kappa shape index (κ3) is 2.27. The maximum absolute atomic E-state index is 5.90. The number of nitrogens with one attached hydrogen (secondary N) is 1. The first-order chi connectivity index (χ1) is 8.13. The van der Waals surface area contributed by atoms with Gasteiger partial charge in [0.15, 0.2) is 0 Å². The van der Waals surface area contributed by atoms with Crippen LogP contribution in [-0.2, 0) is 0 Å². The van der Waals surface area contributed by atoms with E-state index >= 15 is 0 Å². The average molecular weight is 247 g/mol. The highest BCUT2D eigenvalue weighted by Gasteiger charge is 2.16. The van der Waals surface area contributed by atoms with Crippen LogP contribution in [0.5, 0.6) is 0 Å². The van der Waals surface area contributed by atoms with Crippen LogP contribution < -0.4 is 0 Å². The number of hydrogen-bond acceptors (Lipinski definition) is 1. The van der Waals surface area contributed by atoms with Gasteiger partial charge in [-0.05, 0) is 30.7 Å². The van der Waals surface area contributed by atoms with Gasteiger partial charge in [0.25, 0.3) is 0 Å². The molecule has 0 aliphatic heterocycles. The van der Waals surface area contributed by atoms with Gasteiger partial charge in [-0.25, -0.2) is 0 Å². The Bertz CT molecular complexity index is 526. The second-order valence-electron chi connectivity index (χ2n) is 4.12. The van der Waals surface area contributed by atoms with Crippen molar-refractivity contribution in [1.29, 1.82) is 0 Å². The number of aryl methyl sites for hydroxylation is 1. The zero-order valence-electron chi connectivity index (χ0n) is 10.00. The predicted molar refractivity (Wildman–Crippen MR) is 72.4 cm³/mol. The van der Waals surface area contributed by atoms with E-state index in [1.54, 1.807) is 6.08 Å². The molecule has 2 aromatic rings. The van der Waals surface area contributed by atoms with Crippen molar-refractivity contribution in [2.45, 2.75) is 19.8 Å². The van der Waals surface area contributed by atoms with Gasteiger partial charge in [0, 0.05) is 22.2 Å². The van der Waals surface area contributed by atoms with Crippen LogP contribution in [-0.4, -0.2) is 10.2 Å². The second-order valence-corrected chi connectivity index (χ2v) is 4.56. The Balaban J connectivity index is 2.42. The monoisotopic (exact) mass is 246 g/mol. The molecule has 1 N–H and O–H groups in total. The number of benzene rings is 1. The van der Waals surface area contributed by atoms with Gasteiger partial charge in [-0.2, -0.15) is 5.10 Å². The minimum Gasteiger partial charge on any atom is -0.282 e. The third-order valence-electron chi connectivity index (χ3n) is 3.02. The highest BCUT2D eigenvalue weighted by molar-refractivity contribution is 6.30. The molecular weight excluding hydrogens is 232 g/mol. The molecule has 1 aromatic carbocycles. The van der Waals surface area contributed by atoms with Crippen LogP contribution in [0.25, 0.3) is 6.08 Å². The molecule has 1 heterocycles. The summed E-state index contributed by atoms with van der Waals surface area (Å²) in [6, 6.07) is 7.92. The van der Waals surface area contributed by atoms with Crippen molar-refractivity contribution in [3.05, 3.63) is 58.4 Å². The quantitative estimate of drug-likeness (QED) is 0.865. The fourth-order valence-corrected chi connectivity index (χ4v) is 2.20. The SMILES string of the molecule is C=Cc1n[nH]c(C)c1C(C)c1ccc(Cl)cc1. The van der Waals surface area contributed by atoms with Crippen molar-refractivity contribution < 1.29 is 0 Å². The van der Waals surface area contributed by atoms with Crippen LogP contribution in [0, 0.1) is 6.92 Å². The molecule has 0 radical (unpaired) electrons. The number of rotatable bonds is 3. The number of H-pyrrole nitrogens is 1. The van der Waals surface area contributed by atoms with E-state index in [1.165, 1.54) is 11.1 Å². The molecule has 0 saturated carbocycles. The maximum atomic E-state index is 5.90. The van der Waals surface area contributed by atoms with Crippen LogP contribution in [0.1, 0.15) is 35.4 Å². The molecule has 1 aromatic heterocycles. The molecule has 0 aliphatic rings. The van der Waals surface area contributed by atoms with E-state index in [-0.39, 0.29) is 5.92 Å². The van der Waals surface area contributed by atoms with Crippen molar-refractivity contribution in [2.75, 3.05) is 0 Å². The standard InChI is InChI=1S/C14H15ClN2/c1-4-13-14(10(3)16-17-13)9(2)11-5-7-12(15)8-6-11/h4-9H,1H2,2-3H3,(H,16,17). The zero-order valence-corrected chi connectivity index (χ0v) is 10.8. The molecule has 0 fully saturated rings. The number of hydrogen-bond donors (Lipinski definition) is 1. The fourth-order valence-electron chi connectivity index (χ4n) is 2.08. The van der Waals surface area contributed by atoms with E-state index < -0.39 is 0 Å². The average Bonchev–Trinajstić information content (AvgIpc) is 2.70. The first kappa shape index (κ1) is 11.9. The molecule has 17 heavy (non-hydrogen) atoms. The van der Waals surface area contributed by atoms with Crippen LogP contribution in [0.4, 0.5) is 0 Å². The van der Waals surface area contributed by atoms with Crippen LogP contribution in [0.2, 0.25) is 5.02 Å². The van der Waals surface area contributed by atoms with Crippen LogP contribution >= 0.6 is 11.6 Å². The smallest absolute Gasteiger partial charge is 0.0883 e. The summed E-state index contributed by atoms with van der Waals surface area (Å²) in [5.74, 6) is 0.277. The summed E-state index contributed by atoms with van der Waals surface area (Å²) in [7, 11) is 0. The van der Waals surface area contributed by atoms with Gasteiger partial charge in [-0.3, -0.25) is 5.10 Å². The number of halogens is 1. The Morgan fingerprint density at radius 1 is 1.35 bits per heavy atom. The molecule has 2 rings (SSSR count). The van der Waals surface area contributed by atoms with E-state index in [0.717, 1.165) is 16.4 Å². The van der Waals surface area contributed by atoms with E-state index in [0.29, 0.717) is 0 Å². The lowest BCUT2D eigenvalue weighted by Crippen LogP contribution is -1.98. The molecule has 0 amide bonds. The first-order valence-corrected chi connectivity index (χ1v) is 5.94. The van der Waals surface area contributed by atoms with Crippen molar-refractivity contribution in [1.82, 2.24) is 10.2 Å². The summed E-state index contributed by atoms with van der Waals surface area (Å²) in [5, 5.41) is 7.99. The highest BCUT2D eigenvalue weighted by atomic mass is 35.5. The molecule has 1 unspecified atom stereocenters. The molecule has 88 valence electrons. The molecular formula is C14H15ClN2. The van der Waals surface area contributed by atoms with Crippen LogP contribution in [0.15, 0.2) is 30.8 Å². The Hall–Kier alpha value is -1.54. The van der Waals surface area contributed by atoms with Gasteiger partial charge in [0.1, 0.15) is 0 Å². The lowest BCUT2D eigenvalue weighted by molar-refractivity contribution is 0.908. The molecule has 0 aliphatic carbocycles. The van der Waals surface area contributed by atoms with Crippen molar-refractivity contribution in [3.8, 4) is 0 Å². The van der Waals surface area contributed by atoms with Gasteiger partial charge in [-0.15, -0.1) is 0 Å². The molecule has 1 atom stereocenters. The summed E-state index contributed by atoms with van der Waals surface area (Å²) in [6.45, 7) is 7.98. The molecule has 0 bridgehead atoms. The summed E-state index contributed by atoms with van der Waals surface area (Å²) in [6.07, 6.45) is 1.78. The summed E-state index contributed by atoms with van der Waals surface area (Å²) in [5.41, 5.74) is 4.43. The maximum Gasteiger partial charge on any atom is 0.0883 e. The molecule has 0 spiro atoms. The lowest BCUT2D eigenvalue weighted by atomic mass is 9.91. The zero-order chi connectivity index (χ0) is 12.4. The van der Waals surface area contributed by atoms with Crippen molar-refractivity contribution in [3.63, 3.8) is 0 Å². The second kappa shape index (κ2) is 4.76. The van der Waals surface area contributed by atoms with Crippen molar-refractivity contribution >= 4 is 17.7 Å². The van der Waals surface area contributed by atoms with Gasteiger partial charge < -0.3 is 0 Å². The fraction of sp³-hybridized carbons (Fsp3) is 0.214. The van der Waals surface area contributed by atoms with E-state index in [4.69, 9.17) is 11.6 Å². The van der Waals surface area contributed by atoms with E-state index in [2.05, 4.69) is 23.7 Å². The van der Waals surface area contributed by atoms with Crippen molar-refractivity contribution in [2.24, 2.45) is 0 Å². The summed E-state index contributed by atoms with van der Waals surface area (Å²) in [4.78, 5) is 0. The summed E-state index contributed by atoms with van der Waals surface area (Å²) < 4.78 is 0. The van der Waals surface area contributed by atoms with Gasteiger partial charge in [0.2, 0.25) is 0 Å². The summed E-state index contributed by atoms with van der Waals surface area (Å²) >= 11 is 5.90. The van der Waals surface area contributed by atoms with E-state index in [1.807, 2.05) is 31.2 Å². The minimum absolute atomic E-state index is 0.277. The number of nitrogens with zero attached hydrogens (tertiary/aromatic N) is 1. The molecule has 3 heteroatoms.